The summed E-state index contributed by atoms with van der Waals surface area (Å²) in [6.45, 7) is 3.56. The molecule has 6 nitrogen and oxygen atoms in total. The maximum atomic E-state index is 11.7. The summed E-state index contributed by atoms with van der Waals surface area (Å²) < 4.78 is 10.1. The minimum absolute atomic E-state index is 0.279. The molecule has 0 bridgehead atoms. The second-order valence-corrected chi connectivity index (χ2v) is 4.65. The lowest BCUT2D eigenvalue weighted by atomic mass is 10.2. The minimum Gasteiger partial charge on any atom is -0.496 e. The molecule has 0 atom stereocenters. The van der Waals surface area contributed by atoms with Crippen LogP contribution in [-0.2, 0) is 0 Å². The Morgan fingerprint density at radius 2 is 2.10 bits per heavy atom. The van der Waals surface area contributed by atoms with E-state index in [0.717, 1.165) is 5.56 Å². The van der Waals surface area contributed by atoms with Gasteiger partial charge in [0.15, 0.2) is 5.82 Å². The average Bonchev–Trinajstić information content (AvgIpc) is 2.79. The number of urea groups is 1. The number of carbonyl (C=O) groups excluding carboxylic acids is 1. The molecule has 0 unspecified atom stereocenters. The Hall–Kier alpha value is -2.21. The first-order chi connectivity index (χ1) is 9.43. The van der Waals surface area contributed by atoms with Gasteiger partial charge < -0.3 is 15.0 Å². The summed E-state index contributed by atoms with van der Waals surface area (Å²) in [7, 11) is 1.55. The number of methoxy groups -OCH3 is 1. The molecule has 0 fully saturated rings. The molecule has 1 aromatic carbocycles. The summed E-state index contributed by atoms with van der Waals surface area (Å²) in [4.78, 5) is 12.9. The van der Waals surface area contributed by atoms with E-state index in [4.69, 9.17) is 26.6 Å². The first kappa shape index (κ1) is 14.2. The monoisotopic (exact) mass is 295 g/mol. The van der Waals surface area contributed by atoms with E-state index >= 15 is 0 Å². The molecule has 20 heavy (non-hydrogen) atoms. The van der Waals surface area contributed by atoms with Crippen molar-refractivity contribution in [3.05, 3.63) is 34.5 Å². The van der Waals surface area contributed by atoms with E-state index in [1.165, 1.54) is 4.90 Å². The smallest absolute Gasteiger partial charge is 0.325 e. The Kier molecular flexibility index (Phi) is 3.85. The predicted octanol–water partition coefficient (Wildman–Crippen LogP) is 3.17. The second kappa shape index (κ2) is 5.42. The topological polar surface area (TPSA) is 81.6 Å². The number of carbonyl (C=O) groups is 1. The highest BCUT2D eigenvalue weighted by atomic mass is 35.5. The van der Waals surface area contributed by atoms with Crippen LogP contribution in [0.3, 0.4) is 0 Å². The van der Waals surface area contributed by atoms with Crippen LogP contribution in [0.4, 0.5) is 16.3 Å². The summed E-state index contributed by atoms with van der Waals surface area (Å²) in [5.41, 5.74) is 6.65. The van der Waals surface area contributed by atoms with Crippen molar-refractivity contribution < 1.29 is 14.1 Å². The van der Waals surface area contributed by atoms with Gasteiger partial charge in [0.05, 0.1) is 17.8 Å². The number of primary amides is 1. The van der Waals surface area contributed by atoms with Gasteiger partial charge in [-0.15, -0.1) is 0 Å². The van der Waals surface area contributed by atoms with Crippen molar-refractivity contribution in [2.45, 2.75) is 13.8 Å². The van der Waals surface area contributed by atoms with Crippen LogP contribution in [0.5, 0.6) is 5.75 Å². The number of aryl methyl sites for hydroxylation is 2. The third-order valence-electron chi connectivity index (χ3n) is 2.77. The highest BCUT2D eigenvalue weighted by Gasteiger charge is 2.22. The zero-order valence-electron chi connectivity index (χ0n) is 11.3. The largest absolute Gasteiger partial charge is 0.496 e. The Bertz CT molecular complexity index is 654. The van der Waals surface area contributed by atoms with E-state index < -0.39 is 6.03 Å². The molecule has 1 aromatic heterocycles. The van der Waals surface area contributed by atoms with Crippen molar-refractivity contribution in [2.24, 2.45) is 5.73 Å². The van der Waals surface area contributed by atoms with Crippen molar-refractivity contribution in [1.29, 1.82) is 0 Å². The number of ether oxygens (including phenoxy) is 1. The number of amides is 2. The number of hydrogen-bond donors (Lipinski definition) is 1. The van der Waals surface area contributed by atoms with Gasteiger partial charge in [-0.25, -0.2) is 9.69 Å². The summed E-state index contributed by atoms with van der Waals surface area (Å²) >= 11 is 6.19. The maximum Gasteiger partial charge on any atom is 0.325 e. The van der Waals surface area contributed by atoms with Gasteiger partial charge in [0.25, 0.3) is 0 Å². The average molecular weight is 296 g/mol. The quantitative estimate of drug-likeness (QED) is 0.943. The van der Waals surface area contributed by atoms with Gasteiger partial charge >= 0.3 is 6.03 Å². The van der Waals surface area contributed by atoms with Gasteiger partial charge in [0, 0.05) is 12.1 Å². The number of hydrogen-bond acceptors (Lipinski definition) is 4. The summed E-state index contributed by atoms with van der Waals surface area (Å²) in [6, 6.07) is 4.22. The fourth-order valence-corrected chi connectivity index (χ4v) is 2.09. The molecule has 0 spiro atoms. The molecular formula is C13H14ClN3O3. The molecule has 2 N–H and O–H groups in total. The molecule has 0 aliphatic carbocycles. The first-order valence-corrected chi connectivity index (χ1v) is 6.19. The number of anilines is 2. The van der Waals surface area contributed by atoms with Crippen LogP contribution >= 0.6 is 11.6 Å². The number of rotatable bonds is 3. The molecule has 0 radical (unpaired) electrons. The second-order valence-electron chi connectivity index (χ2n) is 4.24. The van der Waals surface area contributed by atoms with E-state index in [-0.39, 0.29) is 5.82 Å². The molecule has 2 rings (SSSR count). The van der Waals surface area contributed by atoms with E-state index in [9.17, 15) is 4.79 Å². The Balaban J connectivity index is 2.56. The molecular weight excluding hydrogens is 282 g/mol. The summed E-state index contributed by atoms with van der Waals surface area (Å²) in [6.07, 6.45) is 0. The van der Waals surface area contributed by atoms with Gasteiger partial charge in [0.2, 0.25) is 0 Å². The number of nitrogens with zero attached hydrogens (tertiary/aromatic N) is 2. The molecule has 2 aromatic rings. The third-order valence-corrected chi connectivity index (χ3v) is 3.07. The van der Waals surface area contributed by atoms with Crippen molar-refractivity contribution in [1.82, 2.24) is 5.16 Å². The van der Waals surface area contributed by atoms with E-state index in [1.54, 1.807) is 32.2 Å². The third kappa shape index (κ3) is 2.55. The number of aromatic nitrogens is 1. The van der Waals surface area contributed by atoms with Gasteiger partial charge in [-0.2, -0.15) is 0 Å². The molecule has 0 saturated carbocycles. The molecule has 7 heteroatoms. The number of halogens is 1. The van der Waals surface area contributed by atoms with Gasteiger partial charge in [0.1, 0.15) is 11.5 Å². The molecule has 106 valence electrons. The molecule has 0 aliphatic heterocycles. The van der Waals surface area contributed by atoms with E-state index in [0.29, 0.717) is 22.2 Å². The van der Waals surface area contributed by atoms with Gasteiger partial charge in [-0.05, 0) is 25.5 Å². The Labute approximate surface area is 121 Å². The Morgan fingerprint density at radius 1 is 1.40 bits per heavy atom. The van der Waals surface area contributed by atoms with Gasteiger partial charge in [-0.3, -0.25) is 0 Å². The number of benzene rings is 1. The van der Waals surface area contributed by atoms with Crippen LogP contribution in [0.2, 0.25) is 5.02 Å². The zero-order valence-corrected chi connectivity index (χ0v) is 12.1. The van der Waals surface area contributed by atoms with Crippen LogP contribution in [0.25, 0.3) is 0 Å². The standard InChI is InChI=1S/C13H14ClN3O3/c1-7-4-10(9(14)6-11(7)19-3)17(13(15)18)12-5-8(2)20-16-12/h4-6H,1-3H3,(H2,15,18). The zero-order chi connectivity index (χ0) is 14.9. The maximum absolute atomic E-state index is 11.7. The van der Waals surface area contributed by atoms with Crippen molar-refractivity contribution in [3.8, 4) is 5.75 Å². The van der Waals surface area contributed by atoms with Crippen molar-refractivity contribution in [3.63, 3.8) is 0 Å². The lowest BCUT2D eigenvalue weighted by Crippen LogP contribution is -2.32. The van der Waals surface area contributed by atoms with E-state index in [2.05, 4.69) is 5.16 Å². The lowest BCUT2D eigenvalue weighted by Gasteiger charge is -2.20. The molecule has 0 saturated heterocycles. The van der Waals surface area contributed by atoms with Crippen LogP contribution in [0, 0.1) is 13.8 Å². The summed E-state index contributed by atoms with van der Waals surface area (Å²) in [5, 5.41) is 4.11. The fraction of sp³-hybridized carbons (Fsp3) is 0.231. The van der Waals surface area contributed by atoms with Crippen LogP contribution in [0.1, 0.15) is 11.3 Å². The van der Waals surface area contributed by atoms with Crippen LogP contribution in [-0.4, -0.2) is 18.3 Å². The van der Waals surface area contributed by atoms with Crippen molar-refractivity contribution in [2.75, 3.05) is 12.0 Å². The summed E-state index contributed by atoms with van der Waals surface area (Å²) in [5.74, 6) is 1.47. The Morgan fingerprint density at radius 3 is 2.60 bits per heavy atom. The SMILES string of the molecule is COc1cc(Cl)c(N(C(N)=O)c2cc(C)on2)cc1C. The van der Waals surface area contributed by atoms with Gasteiger partial charge in [-0.1, -0.05) is 16.8 Å². The number of nitrogens with two attached hydrogens (primary N) is 1. The minimum atomic E-state index is -0.704. The van der Waals surface area contributed by atoms with Crippen LogP contribution < -0.4 is 15.4 Å². The highest BCUT2D eigenvalue weighted by Crippen LogP contribution is 2.36. The first-order valence-electron chi connectivity index (χ1n) is 5.81. The highest BCUT2D eigenvalue weighted by molar-refractivity contribution is 6.34. The fourth-order valence-electron chi connectivity index (χ4n) is 1.85. The van der Waals surface area contributed by atoms with E-state index in [1.807, 2.05) is 6.92 Å². The van der Waals surface area contributed by atoms with Crippen LogP contribution in [0.15, 0.2) is 22.7 Å². The molecule has 0 aliphatic rings. The lowest BCUT2D eigenvalue weighted by molar-refractivity contribution is 0.255. The molecule has 1 heterocycles. The van der Waals surface area contributed by atoms with Crippen molar-refractivity contribution >= 4 is 29.1 Å². The normalized spacial score (nSPS) is 10.4. The molecule has 2 amide bonds. The predicted molar refractivity (Wildman–Crippen MR) is 75.7 cm³/mol.